The van der Waals surface area contributed by atoms with Gasteiger partial charge < -0.3 is 4.52 Å². The van der Waals surface area contributed by atoms with Crippen molar-refractivity contribution in [3.05, 3.63) is 106 Å². The van der Waals surface area contributed by atoms with E-state index in [1.807, 2.05) is 42.5 Å². The molecule has 0 radical (unpaired) electrons. The van der Waals surface area contributed by atoms with E-state index in [0.29, 0.717) is 33.9 Å². The average molecular weight is 523 g/mol. The van der Waals surface area contributed by atoms with Crippen molar-refractivity contribution in [2.75, 3.05) is 0 Å². The van der Waals surface area contributed by atoms with Gasteiger partial charge in [-0.2, -0.15) is 10.1 Å². The van der Waals surface area contributed by atoms with Crippen LogP contribution >= 0.6 is 11.6 Å². The van der Waals surface area contributed by atoms with Gasteiger partial charge in [-0.1, -0.05) is 73.1 Å². The summed E-state index contributed by atoms with van der Waals surface area (Å²) in [4.78, 5) is 23.8. The second kappa shape index (κ2) is 9.39. The average Bonchev–Trinajstić information content (AvgIpc) is 3.53. The number of aromatic nitrogens is 6. The molecule has 0 atom stereocenters. The Kier molecular flexibility index (Phi) is 5.88. The Bertz CT molecular complexity index is 1820. The highest BCUT2D eigenvalue weighted by molar-refractivity contribution is 6.30. The number of hydrogen-bond acceptors (Lipinski definition) is 6. The summed E-state index contributed by atoms with van der Waals surface area (Å²) in [7, 11) is 0. The van der Waals surface area contributed by atoms with Crippen LogP contribution in [0.4, 0.5) is 0 Å². The molecular formula is C29H23ClN6O2. The van der Waals surface area contributed by atoms with Crippen molar-refractivity contribution in [1.82, 2.24) is 29.5 Å². The Balaban J connectivity index is 1.72. The number of fused-ring (bicyclic) bond motifs is 1. The first kappa shape index (κ1) is 23.8. The van der Waals surface area contributed by atoms with Gasteiger partial charge in [0.25, 0.3) is 11.4 Å². The normalized spacial score (nSPS) is 11.5. The minimum Gasteiger partial charge on any atom is -0.332 e. The van der Waals surface area contributed by atoms with Crippen molar-refractivity contribution in [2.24, 2.45) is 0 Å². The molecule has 3 aromatic carbocycles. The molecule has 188 valence electrons. The van der Waals surface area contributed by atoms with Crippen molar-refractivity contribution in [3.63, 3.8) is 0 Å². The number of aryl methyl sites for hydroxylation is 1. The van der Waals surface area contributed by atoms with Crippen molar-refractivity contribution < 1.29 is 4.52 Å². The van der Waals surface area contributed by atoms with E-state index >= 15 is 0 Å². The van der Waals surface area contributed by atoms with Gasteiger partial charge in [-0.3, -0.25) is 9.36 Å². The van der Waals surface area contributed by atoms with Gasteiger partial charge >= 0.3 is 0 Å². The Hall–Kier alpha value is -4.56. The van der Waals surface area contributed by atoms with Crippen molar-refractivity contribution in [2.45, 2.75) is 26.7 Å². The predicted octanol–water partition coefficient (Wildman–Crippen LogP) is 6.37. The molecule has 6 rings (SSSR count). The summed E-state index contributed by atoms with van der Waals surface area (Å²) in [6.07, 6.45) is 0. The lowest BCUT2D eigenvalue weighted by molar-refractivity contribution is 0.424. The Labute approximate surface area is 223 Å². The molecule has 3 heterocycles. The van der Waals surface area contributed by atoms with E-state index in [9.17, 15) is 4.79 Å². The van der Waals surface area contributed by atoms with Gasteiger partial charge in [0.1, 0.15) is 11.2 Å². The van der Waals surface area contributed by atoms with E-state index < -0.39 is 0 Å². The second-order valence-corrected chi connectivity index (χ2v) is 9.71. The third kappa shape index (κ3) is 4.09. The first-order valence-corrected chi connectivity index (χ1v) is 12.6. The standard InChI is InChI=1S/C29H23ClN6O2/c1-17(2)19-9-11-20(12-10-19)26-32-27-24(29(37)35(26)22-15-13-21(30)14-16-22)25(28-31-18(3)34-38-28)33-36(27)23-7-5-4-6-8-23/h4-17H,1-3H3. The first-order chi connectivity index (χ1) is 18.4. The zero-order valence-corrected chi connectivity index (χ0v) is 21.7. The summed E-state index contributed by atoms with van der Waals surface area (Å²) in [5, 5.41) is 9.50. The quantitative estimate of drug-likeness (QED) is 0.261. The fourth-order valence-electron chi connectivity index (χ4n) is 4.40. The van der Waals surface area contributed by atoms with Crippen LogP contribution in [0.5, 0.6) is 0 Å². The van der Waals surface area contributed by atoms with Crippen molar-refractivity contribution in [1.29, 1.82) is 0 Å². The van der Waals surface area contributed by atoms with E-state index in [0.717, 1.165) is 11.3 Å². The molecule has 0 unspecified atom stereocenters. The molecule has 0 saturated heterocycles. The van der Waals surface area contributed by atoms with Crippen LogP contribution in [-0.2, 0) is 0 Å². The van der Waals surface area contributed by atoms with Crippen LogP contribution in [-0.4, -0.2) is 29.5 Å². The fourth-order valence-corrected chi connectivity index (χ4v) is 4.53. The largest absolute Gasteiger partial charge is 0.332 e. The number of rotatable bonds is 5. The predicted molar refractivity (Wildman–Crippen MR) is 147 cm³/mol. The van der Waals surface area contributed by atoms with Crippen molar-refractivity contribution in [3.8, 4) is 34.3 Å². The topological polar surface area (TPSA) is 91.6 Å². The maximum atomic E-state index is 14.4. The highest BCUT2D eigenvalue weighted by Gasteiger charge is 2.26. The number of benzene rings is 3. The summed E-state index contributed by atoms with van der Waals surface area (Å²) < 4.78 is 8.66. The number of halogens is 1. The van der Waals surface area contributed by atoms with Gasteiger partial charge in [-0.05, 0) is 54.8 Å². The minimum absolute atomic E-state index is 0.151. The van der Waals surface area contributed by atoms with Gasteiger partial charge in [-0.25, -0.2) is 9.67 Å². The van der Waals surface area contributed by atoms with Crippen LogP contribution in [0.3, 0.4) is 0 Å². The van der Waals surface area contributed by atoms with Gasteiger partial charge in [0.2, 0.25) is 0 Å². The molecule has 38 heavy (non-hydrogen) atoms. The van der Waals surface area contributed by atoms with Crippen LogP contribution in [0.2, 0.25) is 5.02 Å². The molecule has 6 aromatic rings. The molecule has 0 bridgehead atoms. The monoisotopic (exact) mass is 522 g/mol. The molecule has 8 nitrogen and oxygen atoms in total. The summed E-state index contributed by atoms with van der Waals surface area (Å²) in [6.45, 7) is 6.00. The molecule has 0 N–H and O–H groups in total. The Morgan fingerprint density at radius 3 is 2.21 bits per heavy atom. The molecule has 9 heteroatoms. The lowest BCUT2D eigenvalue weighted by atomic mass is 10.0. The maximum Gasteiger partial charge on any atom is 0.279 e. The van der Waals surface area contributed by atoms with Crippen molar-refractivity contribution >= 4 is 22.6 Å². The van der Waals surface area contributed by atoms with Crippen LogP contribution in [0, 0.1) is 6.92 Å². The van der Waals surface area contributed by atoms with Crippen LogP contribution in [0.1, 0.15) is 31.2 Å². The first-order valence-electron chi connectivity index (χ1n) is 12.2. The third-order valence-electron chi connectivity index (χ3n) is 6.35. The molecule has 0 fully saturated rings. The zero-order chi connectivity index (χ0) is 26.4. The highest BCUT2D eigenvalue weighted by Crippen LogP contribution is 2.30. The number of hydrogen-bond donors (Lipinski definition) is 0. The fraction of sp³-hybridized carbons (Fsp3) is 0.138. The van der Waals surface area contributed by atoms with Gasteiger partial charge in [0, 0.05) is 10.6 Å². The second-order valence-electron chi connectivity index (χ2n) is 9.27. The summed E-state index contributed by atoms with van der Waals surface area (Å²) in [5.41, 5.74) is 3.70. The van der Waals surface area contributed by atoms with E-state index in [1.165, 1.54) is 5.56 Å². The molecule has 0 aliphatic carbocycles. The van der Waals surface area contributed by atoms with E-state index in [4.69, 9.17) is 26.2 Å². The lowest BCUT2D eigenvalue weighted by Crippen LogP contribution is -2.22. The van der Waals surface area contributed by atoms with Gasteiger partial charge in [-0.15, -0.1) is 0 Å². The van der Waals surface area contributed by atoms with Gasteiger partial charge in [0.05, 0.1) is 11.4 Å². The summed E-state index contributed by atoms with van der Waals surface area (Å²) >= 11 is 6.17. The molecule has 0 saturated carbocycles. The van der Waals surface area contributed by atoms with E-state index in [1.54, 1.807) is 40.4 Å². The van der Waals surface area contributed by atoms with E-state index in [2.05, 4.69) is 36.1 Å². The molecule has 3 aromatic heterocycles. The smallest absolute Gasteiger partial charge is 0.279 e. The summed E-state index contributed by atoms with van der Waals surface area (Å²) in [5.74, 6) is 1.44. The third-order valence-corrected chi connectivity index (χ3v) is 6.60. The van der Waals surface area contributed by atoms with E-state index in [-0.39, 0.29) is 22.5 Å². The number of para-hydroxylation sites is 1. The molecule has 0 aliphatic heterocycles. The zero-order valence-electron chi connectivity index (χ0n) is 21.0. The number of nitrogens with zero attached hydrogens (tertiary/aromatic N) is 6. The SMILES string of the molecule is Cc1noc(-c2nn(-c3ccccc3)c3nc(-c4ccc(C(C)C)cc4)n(-c4ccc(Cl)cc4)c(=O)c23)n1. The Morgan fingerprint density at radius 2 is 1.58 bits per heavy atom. The highest BCUT2D eigenvalue weighted by atomic mass is 35.5. The molecular weight excluding hydrogens is 500 g/mol. The minimum atomic E-state index is -0.312. The van der Waals surface area contributed by atoms with Crippen LogP contribution < -0.4 is 5.56 Å². The van der Waals surface area contributed by atoms with Crippen LogP contribution in [0.25, 0.3) is 45.4 Å². The molecule has 0 spiro atoms. The van der Waals surface area contributed by atoms with Gasteiger partial charge in [0.15, 0.2) is 17.2 Å². The summed E-state index contributed by atoms with van der Waals surface area (Å²) in [6, 6.07) is 24.7. The maximum absolute atomic E-state index is 14.4. The Morgan fingerprint density at radius 1 is 0.868 bits per heavy atom. The molecule has 0 amide bonds. The van der Waals surface area contributed by atoms with Crippen LogP contribution in [0.15, 0.2) is 88.2 Å². The molecule has 0 aliphatic rings. The lowest BCUT2D eigenvalue weighted by Gasteiger charge is -2.14.